The summed E-state index contributed by atoms with van der Waals surface area (Å²) in [6, 6.07) is 21.2. The van der Waals surface area contributed by atoms with E-state index in [9.17, 15) is 9.65 Å². The van der Waals surface area contributed by atoms with E-state index in [1.807, 2.05) is 24.3 Å². The van der Waals surface area contributed by atoms with Crippen molar-refractivity contribution in [3.05, 3.63) is 100 Å². The molecule has 4 aromatic rings. The van der Waals surface area contributed by atoms with Gasteiger partial charge in [-0.15, -0.1) is 0 Å². The molecular formula is C28H24FN3O. The Morgan fingerprint density at radius 3 is 2.79 bits per heavy atom. The van der Waals surface area contributed by atoms with Crippen LogP contribution in [-0.4, -0.2) is 9.55 Å². The maximum atomic E-state index is 14.1. The number of hydrogen-bond acceptors (Lipinski definition) is 3. The molecule has 164 valence electrons. The molecule has 0 aliphatic carbocycles. The molecule has 5 rings (SSSR count). The smallest absolute Gasteiger partial charge is 0.127 e. The average Bonchev–Trinajstić information content (AvgIpc) is 3.07. The first-order valence-electron chi connectivity index (χ1n) is 11.2. The van der Waals surface area contributed by atoms with Crippen LogP contribution in [0.1, 0.15) is 48.3 Å². The van der Waals surface area contributed by atoms with Crippen molar-refractivity contribution in [1.29, 1.82) is 5.26 Å². The Morgan fingerprint density at radius 2 is 1.97 bits per heavy atom. The monoisotopic (exact) mass is 437 g/mol. The molecule has 4 nitrogen and oxygen atoms in total. The van der Waals surface area contributed by atoms with Crippen molar-refractivity contribution in [2.24, 2.45) is 0 Å². The van der Waals surface area contributed by atoms with Crippen molar-refractivity contribution >= 4 is 16.6 Å². The van der Waals surface area contributed by atoms with Gasteiger partial charge in [0.25, 0.3) is 0 Å². The largest absolute Gasteiger partial charge is 0.488 e. The minimum absolute atomic E-state index is 0.351. The molecule has 0 unspecified atom stereocenters. The third-order valence-electron chi connectivity index (χ3n) is 6.12. The quantitative estimate of drug-likeness (QED) is 0.347. The zero-order valence-corrected chi connectivity index (χ0v) is 18.7. The minimum atomic E-state index is -0.351. The van der Waals surface area contributed by atoms with Crippen LogP contribution in [0.5, 0.6) is 5.75 Å². The summed E-state index contributed by atoms with van der Waals surface area (Å²) in [4.78, 5) is 4.84. The number of aryl methyl sites for hydroxylation is 1. The number of rotatable bonds is 4. The van der Waals surface area contributed by atoms with Gasteiger partial charge in [-0.2, -0.15) is 5.26 Å². The molecule has 0 fully saturated rings. The van der Waals surface area contributed by atoms with Gasteiger partial charge in [-0.25, -0.2) is 9.37 Å². The molecule has 1 aliphatic heterocycles. The standard InChI is InChI=1S/C28H24FN3O/c1-3-6-27-31-24-7-4-5-8-25(24)32(27)16-19-9-11-22-20(13-19)17-33-26-12-10-21(29)14-23(26)28(22)18(2)15-30/h4-5,7-14H,3,6,16-17H2,1-2H3. The SMILES string of the molecule is CCCc1nc2ccccc2n1Cc1ccc2c(c1)COc1ccc(F)cc1C2=C(C)C#N. The number of nitrogens with zero attached hydrogens (tertiary/aromatic N) is 3. The normalized spacial score (nSPS) is 14.1. The van der Waals surface area contributed by atoms with Crippen LogP contribution in [0.3, 0.4) is 0 Å². The molecule has 0 N–H and O–H groups in total. The van der Waals surface area contributed by atoms with Gasteiger partial charge in [0.15, 0.2) is 0 Å². The summed E-state index contributed by atoms with van der Waals surface area (Å²) in [5.41, 5.74) is 7.03. The third kappa shape index (κ3) is 3.78. The van der Waals surface area contributed by atoms with Gasteiger partial charge in [0.1, 0.15) is 24.0 Å². The number of allylic oxidation sites excluding steroid dienone is 1. The summed E-state index contributed by atoms with van der Waals surface area (Å²) in [5.74, 6) is 1.31. The molecule has 1 aromatic heterocycles. The molecule has 33 heavy (non-hydrogen) atoms. The average molecular weight is 438 g/mol. The van der Waals surface area contributed by atoms with E-state index in [-0.39, 0.29) is 5.82 Å². The number of ether oxygens (including phenoxy) is 1. The second-order valence-corrected chi connectivity index (χ2v) is 8.39. The number of fused-ring (bicyclic) bond motifs is 3. The van der Waals surface area contributed by atoms with Crippen molar-refractivity contribution < 1.29 is 9.13 Å². The molecule has 0 bridgehead atoms. The molecule has 0 saturated heterocycles. The van der Waals surface area contributed by atoms with Crippen molar-refractivity contribution in [1.82, 2.24) is 9.55 Å². The summed E-state index contributed by atoms with van der Waals surface area (Å²) in [6.45, 7) is 4.98. The van der Waals surface area contributed by atoms with Gasteiger partial charge in [0, 0.05) is 29.7 Å². The number of imidazole rings is 1. The van der Waals surface area contributed by atoms with Crippen molar-refractivity contribution in [2.75, 3.05) is 0 Å². The zero-order chi connectivity index (χ0) is 22.9. The summed E-state index contributed by atoms with van der Waals surface area (Å²) >= 11 is 0. The topological polar surface area (TPSA) is 50.8 Å². The number of para-hydroxylation sites is 2. The second kappa shape index (κ2) is 8.55. The van der Waals surface area contributed by atoms with E-state index in [2.05, 4.69) is 35.8 Å². The lowest BCUT2D eigenvalue weighted by Gasteiger charge is -2.14. The van der Waals surface area contributed by atoms with Crippen LogP contribution in [0, 0.1) is 17.1 Å². The van der Waals surface area contributed by atoms with E-state index in [0.717, 1.165) is 52.0 Å². The van der Waals surface area contributed by atoms with Crippen molar-refractivity contribution in [2.45, 2.75) is 39.8 Å². The molecule has 0 saturated carbocycles. The first-order chi connectivity index (χ1) is 16.1. The fourth-order valence-electron chi connectivity index (χ4n) is 4.59. The zero-order valence-electron chi connectivity index (χ0n) is 18.7. The van der Waals surface area contributed by atoms with Crippen LogP contribution in [0.15, 0.2) is 66.2 Å². The summed E-state index contributed by atoms with van der Waals surface area (Å²) in [6.07, 6.45) is 1.94. The fourth-order valence-corrected chi connectivity index (χ4v) is 4.59. The molecule has 3 aromatic carbocycles. The lowest BCUT2D eigenvalue weighted by atomic mass is 9.90. The highest BCUT2D eigenvalue weighted by Crippen LogP contribution is 2.39. The summed E-state index contributed by atoms with van der Waals surface area (Å²) < 4.78 is 22.4. The Hall–Kier alpha value is -3.91. The fraction of sp³-hybridized carbons (Fsp3) is 0.214. The van der Waals surface area contributed by atoms with Gasteiger partial charge in [-0.3, -0.25) is 0 Å². The molecule has 0 radical (unpaired) electrons. The van der Waals surface area contributed by atoms with E-state index in [1.165, 1.54) is 12.1 Å². The number of aromatic nitrogens is 2. The Bertz CT molecular complexity index is 1440. The van der Waals surface area contributed by atoms with Gasteiger partial charge in [-0.05, 0) is 66.4 Å². The van der Waals surface area contributed by atoms with Gasteiger partial charge < -0.3 is 9.30 Å². The van der Waals surface area contributed by atoms with E-state index in [0.29, 0.717) is 30.0 Å². The molecule has 0 spiro atoms. The summed E-state index contributed by atoms with van der Waals surface area (Å²) in [5, 5.41) is 9.65. The van der Waals surface area contributed by atoms with Gasteiger partial charge >= 0.3 is 0 Å². The first kappa shape index (κ1) is 21.0. The van der Waals surface area contributed by atoms with Crippen molar-refractivity contribution in [3.63, 3.8) is 0 Å². The first-order valence-corrected chi connectivity index (χ1v) is 11.2. The molecule has 5 heteroatoms. The molecular weight excluding hydrogens is 413 g/mol. The predicted octanol–water partition coefficient (Wildman–Crippen LogP) is 6.41. The molecule has 0 amide bonds. The molecule has 2 heterocycles. The third-order valence-corrected chi connectivity index (χ3v) is 6.12. The predicted molar refractivity (Wildman–Crippen MR) is 127 cm³/mol. The molecule has 1 aliphatic rings. The maximum absolute atomic E-state index is 14.1. The number of hydrogen-bond donors (Lipinski definition) is 0. The summed E-state index contributed by atoms with van der Waals surface area (Å²) in [7, 11) is 0. The Kier molecular flexibility index (Phi) is 5.43. The van der Waals surface area contributed by atoms with Crippen LogP contribution in [-0.2, 0) is 19.6 Å². The maximum Gasteiger partial charge on any atom is 0.127 e. The Labute approximate surface area is 192 Å². The lowest BCUT2D eigenvalue weighted by Crippen LogP contribution is -2.06. The lowest BCUT2D eigenvalue weighted by molar-refractivity contribution is 0.306. The highest BCUT2D eigenvalue weighted by molar-refractivity contribution is 5.88. The van der Waals surface area contributed by atoms with Crippen LogP contribution in [0.4, 0.5) is 4.39 Å². The highest BCUT2D eigenvalue weighted by Gasteiger charge is 2.22. The number of halogens is 1. The molecule has 0 atom stereocenters. The van der Waals surface area contributed by atoms with E-state index in [1.54, 1.807) is 13.0 Å². The van der Waals surface area contributed by atoms with Gasteiger partial charge in [0.05, 0.1) is 17.1 Å². The second-order valence-electron chi connectivity index (χ2n) is 8.39. The van der Waals surface area contributed by atoms with Gasteiger partial charge in [-0.1, -0.05) is 31.2 Å². The highest BCUT2D eigenvalue weighted by atomic mass is 19.1. The Morgan fingerprint density at radius 1 is 1.12 bits per heavy atom. The van der Waals surface area contributed by atoms with E-state index < -0.39 is 0 Å². The van der Waals surface area contributed by atoms with Gasteiger partial charge in [0.2, 0.25) is 0 Å². The van der Waals surface area contributed by atoms with Crippen LogP contribution in [0.25, 0.3) is 16.6 Å². The Balaban J connectivity index is 1.60. The van der Waals surface area contributed by atoms with Crippen LogP contribution >= 0.6 is 0 Å². The number of benzene rings is 3. The number of nitriles is 1. The van der Waals surface area contributed by atoms with E-state index >= 15 is 0 Å². The van der Waals surface area contributed by atoms with Crippen LogP contribution < -0.4 is 4.74 Å². The van der Waals surface area contributed by atoms with Crippen LogP contribution in [0.2, 0.25) is 0 Å². The van der Waals surface area contributed by atoms with Crippen molar-refractivity contribution in [3.8, 4) is 11.8 Å². The van der Waals surface area contributed by atoms with E-state index in [4.69, 9.17) is 9.72 Å². The minimum Gasteiger partial charge on any atom is -0.488 e.